The van der Waals surface area contributed by atoms with Crippen LogP contribution in [0.4, 0.5) is 0 Å². The van der Waals surface area contributed by atoms with E-state index >= 15 is 0 Å². The number of benzene rings is 1. The normalized spacial score (nSPS) is 15.9. The Labute approximate surface area is 200 Å². The van der Waals surface area contributed by atoms with Crippen LogP contribution < -0.4 is 0 Å². The Hall–Kier alpha value is -2.51. The van der Waals surface area contributed by atoms with Crippen molar-refractivity contribution < 1.29 is 4.79 Å². The molecule has 0 saturated heterocycles. The number of amides is 1. The molecule has 0 bridgehead atoms. The maximum atomic E-state index is 13.5. The molecule has 1 aliphatic heterocycles. The van der Waals surface area contributed by atoms with Gasteiger partial charge >= 0.3 is 0 Å². The number of carbonyl (C=O) groups excluding carboxylic acids is 1. The van der Waals surface area contributed by atoms with Crippen molar-refractivity contribution in [2.45, 2.75) is 46.6 Å². The molecule has 1 amide bonds. The molecule has 164 valence electrons. The lowest BCUT2D eigenvalue weighted by molar-refractivity contribution is 0.0673. The maximum Gasteiger partial charge on any atom is 0.273 e. The van der Waals surface area contributed by atoms with Gasteiger partial charge in [-0.25, -0.2) is 9.50 Å². The molecule has 4 aromatic rings. The first-order chi connectivity index (χ1) is 15.4. The zero-order valence-electron chi connectivity index (χ0n) is 18.6. The van der Waals surface area contributed by atoms with Crippen LogP contribution in [0.5, 0.6) is 0 Å². The van der Waals surface area contributed by atoms with Gasteiger partial charge in [0.2, 0.25) is 0 Å². The van der Waals surface area contributed by atoms with Crippen LogP contribution in [0.3, 0.4) is 0 Å². The fourth-order valence-electron chi connectivity index (χ4n) is 4.58. The number of rotatable bonds is 3. The molecule has 3 aromatic heterocycles. The zero-order chi connectivity index (χ0) is 22.6. The number of hydrogen-bond acceptors (Lipinski definition) is 4. The first-order valence-corrected chi connectivity index (χ1v) is 12.5. The second kappa shape index (κ2) is 8.12. The molecule has 1 aliphatic rings. The molecule has 0 spiro atoms. The van der Waals surface area contributed by atoms with Crippen molar-refractivity contribution in [3.8, 4) is 11.3 Å². The molecular weight excluding hydrogens is 484 g/mol. The molecular formula is C25H25BrN4OS. The van der Waals surface area contributed by atoms with E-state index in [1.165, 1.54) is 15.3 Å². The Bertz CT molecular complexity index is 1360. The highest BCUT2D eigenvalue weighted by Crippen LogP contribution is 2.36. The fraction of sp³-hybridized carbons (Fsp3) is 0.320. The van der Waals surface area contributed by atoms with E-state index in [-0.39, 0.29) is 11.9 Å². The molecule has 4 heterocycles. The molecule has 0 saturated carbocycles. The van der Waals surface area contributed by atoms with Crippen LogP contribution in [0, 0.1) is 13.8 Å². The SMILES string of the molecule is CCc1cc(C(=O)N2CCc3sc(C)cc3C2C)nc2cc(-c3ccc(Br)cc3C)nn12. The smallest absolute Gasteiger partial charge is 0.273 e. The van der Waals surface area contributed by atoms with E-state index < -0.39 is 0 Å². The van der Waals surface area contributed by atoms with Crippen LogP contribution in [-0.2, 0) is 12.8 Å². The predicted octanol–water partition coefficient (Wildman–Crippen LogP) is 6.16. The predicted molar refractivity (Wildman–Crippen MR) is 132 cm³/mol. The van der Waals surface area contributed by atoms with Crippen molar-refractivity contribution >= 4 is 38.8 Å². The fourth-order valence-corrected chi connectivity index (χ4v) is 6.17. The van der Waals surface area contributed by atoms with Gasteiger partial charge in [-0.2, -0.15) is 5.10 Å². The lowest BCUT2D eigenvalue weighted by atomic mass is 10.0. The number of fused-ring (bicyclic) bond motifs is 2. The third kappa shape index (κ3) is 3.57. The van der Waals surface area contributed by atoms with E-state index in [4.69, 9.17) is 10.1 Å². The van der Waals surface area contributed by atoms with Gasteiger partial charge in [0.15, 0.2) is 5.65 Å². The van der Waals surface area contributed by atoms with Crippen molar-refractivity contribution in [2.75, 3.05) is 6.54 Å². The van der Waals surface area contributed by atoms with Crippen LogP contribution in [0.1, 0.15) is 57.0 Å². The lowest BCUT2D eigenvalue weighted by Gasteiger charge is -2.33. The Kier molecular flexibility index (Phi) is 5.42. The summed E-state index contributed by atoms with van der Waals surface area (Å²) in [6.07, 6.45) is 1.68. The van der Waals surface area contributed by atoms with Crippen molar-refractivity contribution in [2.24, 2.45) is 0 Å². The van der Waals surface area contributed by atoms with Gasteiger partial charge in [-0.3, -0.25) is 4.79 Å². The molecule has 0 aliphatic carbocycles. The number of halogens is 1. The molecule has 0 radical (unpaired) electrons. The van der Waals surface area contributed by atoms with Gasteiger partial charge in [-0.05, 0) is 69.0 Å². The van der Waals surface area contributed by atoms with Crippen molar-refractivity contribution in [3.05, 3.63) is 73.1 Å². The van der Waals surface area contributed by atoms with Crippen molar-refractivity contribution in [1.82, 2.24) is 19.5 Å². The summed E-state index contributed by atoms with van der Waals surface area (Å²) in [5.74, 6) is -0.00762. The van der Waals surface area contributed by atoms with E-state index in [9.17, 15) is 4.79 Å². The van der Waals surface area contributed by atoms with Crippen molar-refractivity contribution in [3.63, 3.8) is 0 Å². The van der Waals surface area contributed by atoms with Crippen LogP contribution >= 0.6 is 27.3 Å². The summed E-state index contributed by atoms with van der Waals surface area (Å²) in [7, 11) is 0. The highest BCUT2D eigenvalue weighted by molar-refractivity contribution is 9.10. The summed E-state index contributed by atoms with van der Waals surface area (Å²) in [6, 6.07) is 12.3. The van der Waals surface area contributed by atoms with Crippen LogP contribution in [-0.4, -0.2) is 31.9 Å². The van der Waals surface area contributed by atoms with Crippen LogP contribution in [0.15, 0.2) is 40.9 Å². The summed E-state index contributed by atoms with van der Waals surface area (Å²) in [5, 5.41) is 4.82. The summed E-state index contributed by atoms with van der Waals surface area (Å²) < 4.78 is 2.91. The number of thiophene rings is 1. The van der Waals surface area contributed by atoms with Crippen molar-refractivity contribution in [1.29, 1.82) is 0 Å². The van der Waals surface area contributed by atoms with Gasteiger partial charge in [-0.15, -0.1) is 11.3 Å². The Balaban J connectivity index is 1.54. The first kappa shape index (κ1) is 21.3. The Morgan fingerprint density at radius 1 is 1.22 bits per heavy atom. The Morgan fingerprint density at radius 3 is 2.78 bits per heavy atom. The minimum atomic E-state index is -0.00762. The number of hydrogen-bond donors (Lipinski definition) is 0. The van der Waals surface area contributed by atoms with Crippen LogP contribution in [0.2, 0.25) is 0 Å². The summed E-state index contributed by atoms with van der Waals surface area (Å²) in [6.45, 7) is 9.14. The minimum Gasteiger partial charge on any atom is -0.330 e. The largest absolute Gasteiger partial charge is 0.330 e. The van der Waals surface area contributed by atoms with E-state index in [0.717, 1.165) is 46.4 Å². The van der Waals surface area contributed by atoms with Gasteiger partial charge in [0.1, 0.15) is 5.69 Å². The third-order valence-electron chi connectivity index (χ3n) is 6.27. The van der Waals surface area contributed by atoms with Crippen LogP contribution in [0.25, 0.3) is 16.9 Å². The second-order valence-corrected chi connectivity index (χ2v) is 10.7. The third-order valence-corrected chi connectivity index (χ3v) is 7.89. The standard InChI is InChI=1S/C25H25BrN4OS/c1-5-18-12-22(25(31)29-9-8-23-20(16(29)4)11-15(3)32-23)27-24-13-21(28-30(18)24)19-7-6-17(26)10-14(19)2/h6-7,10-13,16H,5,8-9H2,1-4H3. The summed E-state index contributed by atoms with van der Waals surface area (Å²) in [4.78, 5) is 23.0. The average Bonchev–Trinajstić information content (AvgIpc) is 3.36. The Morgan fingerprint density at radius 2 is 2.03 bits per heavy atom. The summed E-state index contributed by atoms with van der Waals surface area (Å²) >= 11 is 5.37. The number of aryl methyl sites for hydroxylation is 3. The van der Waals surface area contributed by atoms with E-state index in [2.05, 4.69) is 61.8 Å². The molecule has 0 fully saturated rings. The van der Waals surface area contributed by atoms with E-state index in [1.54, 1.807) is 0 Å². The quantitative estimate of drug-likeness (QED) is 0.333. The van der Waals surface area contributed by atoms with Gasteiger partial charge < -0.3 is 4.90 Å². The lowest BCUT2D eigenvalue weighted by Crippen LogP contribution is -2.38. The van der Waals surface area contributed by atoms with E-state index in [0.29, 0.717) is 11.3 Å². The van der Waals surface area contributed by atoms with Gasteiger partial charge in [0, 0.05) is 38.1 Å². The number of aromatic nitrogens is 3. The number of nitrogens with zero attached hydrogens (tertiary/aromatic N) is 4. The molecule has 5 rings (SSSR count). The highest BCUT2D eigenvalue weighted by atomic mass is 79.9. The molecule has 1 aromatic carbocycles. The van der Waals surface area contributed by atoms with E-state index in [1.807, 2.05) is 39.0 Å². The number of carbonyl (C=O) groups is 1. The topological polar surface area (TPSA) is 50.5 Å². The van der Waals surface area contributed by atoms with Gasteiger partial charge in [-0.1, -0.05) is 28.9 Å². The van der Waals surface area contributed by atoms with Gasteiger partial charge in [0.25, 0.3) is 5.91 Å². The minimum absolute atomic E-state index is 0.00762. The molecule has 1 unspecified atom stereocenters. The molecule has 32 heavy (non-hydrogen) atoms. The molecule has 1 atom stereocenters. The first-order valence-electron chi connectivity index (χ1n) is 10.9. The van der Waals surface area contributed by atoms with Gasteiger partial charge in [0.05, 0.1) is 11.7 Å². The molecule has 7 heteroatoms. The molecule has 0 N–H and O–H groups in total. The average molecular weight is 509 g/mol. The monoisotopic (exact) mass is 508 g/mol. The second-order valence-electron chi connectivity index (χ2n) is 8.41. The summed E-state index contributed by atoms with van der Waals surface area (Å²) in [5.41, 5.74) is 6.54. The zero-order valence-corrected chi connectivity index (χ0v) is 21.0. The molecule has 5 nitrogen and oxygen atoms in total. The maximum absolute atomic E-state index is 13.5. The highest BCUT2D eigenvalue weighted by Gasteiger charge is 2.30.